The van der Waals surface area contributed by atoms with Gasteiger partial charge in [0.05, 0.1) is 12.7 Å². The molecule has 2 rings (SSSR count). The summed E-state index contributed by atoms with van der Waals surface area (Å²) in [5.41, 5.74) is 1.51. The van der Waals surface area contributed by atoms with E-state index >= 15 is 0 Å². The second kappa shape index (κ2) is 13.4. The van der Waals surface area contributed by atoms with Crippen molar-refractivity contribution >= 4 is 12.4 Å². The van der Waals surface area contributed by atoms with Gasteiger partial charge in [-0.2, -0.15) is 0 Å². The van der Waals surface area contributed by atoms with E-state index in [4.69, 9.17) is 14.2 Å². The minimum atomic E-state index is -0.267. The SMILES string of the molecule is CCOc1cccc(CNCCCOC(C)C)c1OCc1ccccc1F.Cl. The molecule has 6 heteroatoms. The van der Waals surface area contributed by atoms with Crippen LogP contribution < -0.4 is 14.8 Å². The fraction of sp³-hybridized carbons (Fsp3) is 0.455. The molecular weight excluding hydrogens is 381 g/mol. The lowest BCUT2D eigenvalue weighted by Crippen LogP contribution is -2.18. The molecule has 0 aliphatic rings. The van der Waals surface area contributed by atoms with E-state index in [2.05, 4.69) is 5.32 Å². The van der Waals surface area contributed by atoms with Crippen molar-refractivity contribution in [3.8, 4) is 11.5 Å². The quantitative estimate of drug-likeness (QED) is 0.491. The van der Waals surface area contributed by atoms with Gasteiger partial charge in [0.15, 0.2) is 11.5 Å². The van der Waals surface area contributed by atoms with Gasteiger partial charge in [-0.05, 0) is 45.9 Å². The number of hydrogen-bond donors (Lipinski definition) is 1. The number of ether oxygens (including phenoxy) is 3. The summed E-state index contributed by atoms with van der Waals surface area (Å²) in [6.07, 6.45) is 1.20. The van der Waals surface area contributed by atoms with Crippen LogP contribution in [0.1, 0.15) is 38.3 Å². The Morgan fingerprint density at radius 3 is 2.46 bits per heavy atom. The normalized spacial score (nSPS) is 10.6. The lowest BCUT2D eigenvalue weighted by Gasteiger charge is -2.17. The monoisotopic (exact) mass is 411 g/mol. The molecule has 0 atom stereocenters. The molecule has 0 bridgehead atoms. The van der Waals surface area contributed by atoms with E-state index in [0.717, 1.165) is 25.1 Å². The fourth-order valence-corrected chi connectivity index (χ4v) is 2.64. The Morgan fingerprint density at radius 1 is 1.00 bits per heavy atom. The molecule has 2 aromatic rings. The number of halogens is 2. The van der Waals surface area contributed by atoms with Gasteiger partial charge in [0, 0.05) is 24.3 Å². The van der Waals surface area contributed by atoms with E-state index in [1.165, 1.54) is 6.07 Å². The Kier molecular flexibility index (Phi) is 11.6. The van der Waals surface area contributed by atoms with Crippen molar-refractivity contribution in [1.82, 2.24) is 5.32 Å². The maximum absolute atomic E-state index is 13.9. The molecule has 0 fully saturated rings. The van der Waals surface area contributed by atoms with Crippen LogP contribution in [0.15, 0.2) is 42.5 Å². The number of rotatable bonds is 12. The Morgan fingerprint density at radius 2 is 1.75 bits per heavy atom. The zero-order valence-corrected chi connectivity index (χ0v) is 17.7. The molecule has 0 radical (unpaired) electrons. The molecule has 0 heterocycles. The summed E-state index contributed by atoms with van der Waals surface area (Å²) in [6, 6.07) is 12.5. The van der Waals surface area contributed by atoms with Crippen LogP contribution in [-0.2, 0) is 17.9 Å². The Hall–Kier alpha value is -1.82. The highest BCUT2D eigenvalue weighted by atomic mass is 35.5. The molecule has 28 heavy (non-hydrogen) atoms. The average Bonchev–Trinajstić information content (AvgIpc) is 2.65. The summed E-state index contributed by atoms with van der Waals surface area (Å²) in [5, 5.41) is 3.41. The highest BCUT2D eigenvalue weighted by Gasteiger charge is 2.12. The lowest BCUT2D eigenvalue weighted by atomic mass is 10.1. The molecule has 0 aliphatic carbocycles. The third-order valence-corrected chi connectivity index (χ3v) is 3.95. The molecule has 0 saturated heterocycles. The van der Waals surface area contributed by atoms with E-state index in [-0.39, 0.29) is 30.9 Å². The first-order valence-electron chi connectivity index (χ1n) is 9.55. The van der Waals surface area contributed by atoms with Gasteiger partial charge >= 0.3 is 0 Å². The summed E-state index contributed by atoms with van der Waals surface area (Å²) in [5.74, 6) is 1.07. The van der Waals surface area contributed by atoms with Crippen molar-refractivity contribution in [1.29, 1.82) is 0 Å². The van der Waals surface area contributed by atoms with Crippen LogP contribution in [0.5, 0.6) is 11.5 Å². The van der Waals surface area contributed by atoms with Gasteiger partial charge in [-0.1, -0.05) is 30.3 Å². The smallest absolute Gasteiger partial charge is 0.166 e. The molecular formula is C22H31ClFNO3. The van der Waals surface area contributed by atoms with Crippen molar-refractivity contribution in [2.24, 2.45) is 0 Å². The standard InChI is InChI=1S/C22H30FNO3.ClH/c1-4-25-21-12-7-10-18(15-24-13-8-14-26-17(2)3)22(21)27-16-19-9-5-6-11-20(19)23;/h5-7,9-12,17,24H,4,8,13-16H2,1-3H3;1H. The van der Waals surface area contributed by atoms with Crippen molar-refractivity contribution < 1.29 is 18.6 Å². The van der Waals surface area contributed by atoms with Gasteiger partial charge in [-0.3, -0.25) is 0 Å². The van der Waals surface area contributed by atoms with E-state index in [9.17, 15) is 4.39 Å². The van der Waals surface area contributed by atoms with Crippen molar-refractivity contribution in [3.05, 3.63) is 59.4 Å². The largest absolute Gasteiger partial charge is 0.490 e. The highest BCUT2D eigenvalue weighted by molar-refractivity contribution is 5.85. The number of nitrogens with one attached hydrogen (secondary N) is 1. The van der Waals surface area contributed by atoms with Crippen LogP contribution >= 0.6 is 12.4 Å². The molecule has 0 saturated carbocycles. The third-order valence-electron chi connectivity index (χ3n) is 3.95. The molecule has 1 N–H and O–H groups in total. The lowest BCUT2D eigenvalue weighted by molar-refractivity contribution is 0.0770. The first kappa shape index (κ1) is 24.2. The maximum atomic E-state index is 13.9. The van der Waals surface area contributed by atoms with Crippen LogP contribution in [0.3, 0.4) is 0 Å². The molecule has 0 spiro atoms. The Bertz CT molecular complexity index is 697. The van der Waals surface area contributed by atoms with Crippen LogP contribution in [0.25, 0.3) is 0 Å². The van der Waals surface area contributed by atoms with Crippen LogP contribution in [-0.4, -0.2) is 25.9 Å². The minimum absolute atomic E-state index is 0. The average molecular weight is 412 g/mol. The first-order chi connectivity index (χ1) is 13.1. The van der Waals surface area contributed by atoms with Crippen molar-refractivity contribution in [3.63, 3.8) is 0 Å². The second-order valence-electron chi connectivity index (χ2n) is 6.51. The molecule has 156 valence electrons. The number of benzene rings is 2. The van der Waals surface area contributed by atoms with E-state index in [0.29, 0.717) is 30.2 Å². The van der Waals surface area contributed by atoms with Crippen LogP contribution in [0.2, 0.25) is 0 Å². The van der Waals surface area contributed by atoms with Gasteiger partial charge < -0.3 is 19.5 Å². The van der Waals surface area contributed by atoms with Crippen LogP contribution in [0, 0.1) is 5.82 Å². The zero-order chi connectivity index (χ0) is 19.5. The van der Waals surface area contributed by atoms with E-state index in [1.54, 1.807) is 18.2 Å². The van der Waals surface area contributed by atoms with Crippen LogP contribution in [0.4, 0.5) is 4.39 Å². The predicted molar refractivity (Wildman–Crippen MR) is 113 cm³/mol. The molecule has 2 aromatic carbocycles. The van der Waals surface area contributed by atoms with Crippen molar-refractivity contribution in [2.45, 2.75) is 46.4 Å². The van der Waals surface area contributed by atoms with E-state index in [1.807, 2.05) is 39.0 Å². The maximum Gasteiger partial charge on any atom is 0.166 e. The molecule has 0 aliphatic heterocycles. The summed E-state index contributed by atoms with van der Waals surface area (Å²) in [6.45, 7) is 8.93. The topological polar surface area (TPSA) is 39.7 Å². The van der Waals surface area contributed by atoms with Crippen molar-refractivity contribution in [2.75, 3.05) is 19.8 Å². The minimum Gasteiger partial charge on any atom is -0.490 e. The highest BCUT2D eigenvalue weighted by Crippen LogP contribution is 2.32. The third kappa shape index (κ3) is 8.05. The molecule has 0 aromatic heterocycles. The number of para-hydroxylation sites is 1. The first-order valence-corrected chi connectivity index (χ1v) is 9.55. The van der Waals surface area contributed by atoms with Gasteiger partial charge in [-0.25, -0.2) is 4.39 Å². The van der Waals surface area contributed by atoms with Gasteiger partial charge in [-0.15, -0.1) is 12.4 Å². The van der Waals surface area contributed by atoms with Gasteiger partial charge in [0.2, 0.25) is 0 Å². The Balaban J connectivity index is 0.00000392. The summed E-state index contributed by atoms with van der Waals surface area (Å²) >= 11 is 0. The summed E-state index contributed by atoms with van der Waals surface area (Å²) in [4.78, 5) is 0. The molecule has 0 amide bonds. The Labute approximate surface area is 173 Å². The number of hydrogen-bond acceptors (Lipinski definition) is 4. The zero-order valence-electron chi connectivity index (χ0n) is 16.9. The second-order valence-corrected chi connectivity index (χ2v) is 6.51. The van der Waals surface area contributed by atoms with Gasteiger partial charge in [0.25, 0.3) is 0 Å². The fourth-order valence-electron chi connectivity index (χ4n) is 2.64. The predicted octanol–water partition coefficient (Wildman–Crippen LogP) is 5.13. The molecule has 4 nitrogen and oxygen atoms in total. The molecule has 0 unspecified atom stereocenters. The summed E-state index contributed by atoms with van der Waals surface area (Å²) < 4.78 is 31.1. The van der Waals surface area contributed by atoms with Gasteiger partial charge in [0.1, 0.15) is 12.4 Å². The summed E-state index contributed by atoms with van der Waals surface area (Å²) in [7, 11) is 0. The van der Waals surface area contributed by atoms with E-state index < -0.39 is 0 Å².